The van der Waals surface area contributed by atoms with E-state index in [9.17, 15) is 0 Å². The minimum Gasteiger partial charge on any atom is -0.438 e. The Morgan fingerprint density at radius 3 is 1.34 bits per heavy atom. The summed E-state index contributed by atoms with van der Waals surface area (Å²) < 4.78 is 14.8. The summed E-state index contributed by atoms with van der Waals surface area (Å²) in [5.74, 6) is 2.04. The monoisotopic (exact) mass is 1210 g/mol. The first kappa shape index (κ1) is 51.8. The lowest BCUT2D eigenvalue weighted by Gasteiger charge is -2.13. The van der Waals surface area contributed by atoms with Gasteiger partial charge in [-0.2, -0.15) is 9.97 Å². The van der Waals surface area contributed by atoms with Crippen molar-refractivity contribution in [2.75, 3.05) is 0 Å². The van der Waals surface area contributed by atoms with Crippen molar-refractivity contribution >= 4 is 121 Å². The van der Waals surface area contributed by atoms with Gasteiger partial charge in [0.1, 0.15) is 16.3 Å². The molecule has 0 saturated carbocycles. The van der Waals surface area contributed by atoms with Gasteiger partial charge in [-0.3, -0.25) is 4.57 Å². The molecule has 5 aromatic heterocycles. The summed E-state index contributed by atoms with van der Waals surface area (Å²) >= 11 is 6.62. The molecular weight excluding hydrogens is 1160 g/mol. The minimum absolute atomic E-state index is 0.409. The standard InChI is InChI=1S/C42H23N3O.C26H13ClN2O.C17H12/c1-2-11-25-23-36-34(22-24(25)10-1)28-14-5-7-18-35(28)45(36)41-39-33-15-6-8-19-37(33)46-42(39)44-40(43-41)32-21-20-31-27-13-4-3-12-26(27)29-16-9-17-30(32)38(29)31;27-24-23-20-8-3-4-11-21(20)30-26(23)29-25(28-24)19-13-12-18-15-7-2-1-6-14(15)16-9-5-10-17(19)22(16)18;1-2-6-13-11-17-15(9-12(13)5-1)10-14-7-3-4-8-16(14)17/h1-23H;1-13H;1-9,11H,10H2. The van der Waals surface area contributed by atoms with Crippen LogP contribution in [0.1, 0.15) is 11.1 Å². The van der Waals surface area contributed by atoms with Crippen molar-refractivity contribution < 1.29 is 8.83 Å². The van der Waals surface area contributed by atoms with Crippen LogP contribution in [0, 0.1) is 0 Å². The normalized spacial score (nSPS) is 12.3. The van der Waals surface area contributed by atoms with Crippen LogP contribution in [0.4, 0.5) is 0 Å². The fourth-order valence-electron chi connectivity index (χ4n) is 15.3. The second-order valence-corrected chi connectivity index (χ2v) is 24.8. The van der Waals surface area contributed by atoms with Crippen molar-refractivity contribution in [3.05, 3.63) is 295 Å². The fraction of sp³-hybridized carbons (Fsp3) is 0.0118. The molecule has 22 rings (SSSR count). The Labute approximate surface area is 536 Å². The summed E-state index contributed by atoms with van der Waals surface area (Å²) in [6.07, 6.45) is 1.08. The van der Waals surface area contributed by atoms with Crippen LogP contribution in [0.15, 0.2) is 288 Å². The van der Waals surface area contributed by atoms with Gasteiger partial charge in [0.2, 0.25) is 11.4 Å². The Morgan fingerprint density at radius 2 is 0.720 bits per heavy atom. The number of halogens is 1. The first-order valence-electron chi connectivity index (χ1n) is 31.4. The lowest BCUT2D eigenvalue weighted by Crippen LogP contribution is -2.02. The van der Waals surface area contributed by atoms with Gasteiger partial charge in [0.15, 0.2) is 17.5 Å². The molecule has 0 atom stereocenters. The van der Waals surface area contributed by atoms with E-state index in [-0.39, 0.29) is 0 Å². The number of benzene rings is 14. The second kappa shape index (κ2) is 20.0. The number of rotatable bonds is 3. The molecule has 0 saturated heterocycles. The van der Waals surface area contributed by atoms with E-state index in [1.54, 1.807) is 0 Å². The van der Waals surface area contributed by atoms with Crippen LogP contribution in [-0.2, 0) is 6.42 Å². The number of hydrogen-bond donors (Lipinski definition) is 0. The number of fused-ring (bicyclic) bond motifs is 20. The van der Waals surface area contributed by atoms with Gasteiger partial charge in [0, 0.05) is 32.7 Å². The Morgan fingerprint density at radius 1 is 0.280 bits per heavy atom. The van der Waals surface area contributed by atoms with Crippen molar-refractivity contribution in [3.8, 4) is 84.2 Å². The highest BCUT2D eigenvalue weighted by Crippen LogP contribution is 2.52. The molecule has 432 valence electrons. The lowest BCUT2D eigenvalue weighted by molar-refractivity contribution is 0.653. The molecule has 19 aromatic rings. The molecule has 0 bridgehead atoms. The first-order chi connectivity index (χ1) is 46.0. The number of nitrogens with zero attached hydrogens (tertiary/aromatic N) is 5. The maximum Gasteiger partial charge on any atom is 0.233 e. The molecule has 0 radical (unpaired) electrons. The zero-order chi connectivity index (χ0) is 61.0. The number of aromatic nitrogens is 5. The van der Waals surface area contributed by atoms with Crippen LogP contribution in [0.25, 0.3) is 193 Å². The molecule has 3 aliphatic carbocycles. The predicted octanol–water partition coefficient (Wildman–Crippen LogP) is 23.0. The molecule has 14 aromatic carbocycles. The predicted molar refractivity (Wildman–Crippen MR) is 382 cm³/mol. The molecule has 0 amide bonds. The summed E-state index contributed by atoms with van der Waals surface area (Å²) in [4.78, 5) is 20.1. The highest BCUT2D eigenvalue weighted by atomic mass is 35.5. The maximum atomic E-state index is 6.62. The van der Waals surface area contributed by atoms with Crippen molar-refractivity contribution in [2.45, 2.75) is 6.42 Å². The van der Waals surface area contributed by atoms with Crippen molar-refractivity contribution in [2.24, 2.45) is 0 Å². The van der Waals surface area contributed by atoms with Crippen LogP contribution in [0.2, 0.25) is 5.15 Å². The van der Waals surface area contributed by atoms with Crippen molar-refractivity contribution in [1.82, 2.24) is 24.5 Å². The van der Waals surface area contributed by atoms with E-state index < -0.39 is 0 Å². The molecular formula is C85H48ClN5O2. The third-order valence-corrected chi connectivity index (χ3v) is 19.7. The maximum absolute atomic E-state index is 6.62. The van der Waals surface area contributed by atoms with Crippen LogP contribution >= 0.6 is 11.6 Å². The molecule has 3 aliphatic rings. The SMILES string of the molecule is Clc1nc(-c2ccc3c4c(cccc24)-c2ccccc2-3)nc2oc3ccccc3c12.c1ccc2c(c1)-c1cccc3c(-c4nc(-n5c6ccccc6c6cc7ccccc7cc65)c5c(n4)oc4ccccc45)ccc-2c13.c1ccc2c(c1)Cc1cc3ccccc3cc1-2. The Hall–Kier alpha value is -12.0. The Balaban J connectivity index is 0.000000108. The van der Waals surface area contributed by atoms with E-state index in [4.69, 9.17) is 35.4 Å². The fourth-order valence-corrected chi connectivity index (χ4v) is 15.6. The molecule has 0 aliphatic heterocycles. The van der Waals surface area contributed by atoms with Crippen LogP contribution < -0.4 is 0 Å². The summed E-state index contributed by atoms with van der Waals surface area (Å²) in [5, 5.41) is 16.2. The third kappa shape index (κ3) is 7.78. The minimum atomic E-state index is 0.409. The Bertz CT molecular complexity index is 6390. The third-order valence-electron chi connectivity index (χ3n) is 19.4. The van der Waals surface area contributed by atoms with Gasteiger partial charge < -0.3 is 8.83 Å². The number of para-hydroxylation sites is 3. The van der Waals surface area contributed by atoms with E-state index in [0.29, 0.717) is 28.2 Å². The smallest absolute Gasteiger partial charge is 0.233 e. The van der Waals surface area contributed by atoms with E-state index >= 15 is 0 Å². The molecule has 7 nitrogen and oxygen atoms in total. The van der Waals surface area contributed by atoms with Gasteiger partial charge in [0.05, 0.1) is 21.8 Å². The van der Waals surface area contributed by atoms with Crippen molar-refractivity contribution in [3.63, 3.8) is 0 Å². The second-order valence-electron chi connectivity index (χ2n) is 24.4. The molecule has 5 heterocycles. The topological polar surface area (TPSA) is 82.8 Å². The van der Waals surface area contributed by atoms with Crippen LogP contribution in [0.5, 0.6) is 0 Å². The summed E-state index contributed by atoms with van der Waals surface area (Å²) in [6.45, 7) is 0. The van der Waals surface area contributed by atoms with Gasteiger partial charge in [0.25, 0.3) is 0 Å². The van der Waals surface area contributed by atoms with Gasteiger partial charge in [-0.15, -0.1) is 0 Å². The molecule has 93 heavy (non-hydrogen) atoms. The summed E-state index contributed by atoms with van der Waals surface area (Å²) in [6, 6.07) is 98.5. The lowest BCUT2D eigenvalue weighted by atomic mass is 9.98. The quantitative estimate of drug-likeness (QED) is 0.164. The molecule has 8 heteroatoms. The zero-order valence-corrected chi connectivity index (χ0v) is 50.5. The van der Waals surface area contributed by atoms with E-state index in [0.717, 1.165) is 77.9 Å². The Kier molecular flexibility index (Phi) is 11.1. The van der Waals surface area contributed by atoms with E-state index in [2.05, 4.69) is 252 Å². The number of hydrogen-bond acceptors (Lipinski definition) is 6. The molecule has 0 unspecified atom stereocenters. The summed E-state index contributed by atoms with van der Waals surface area (Å²) in [5.41, 5.74) is 22.6. The highest BCUT2D eigenvalue weighted by molar-refractivity contribution is 6.36. The molecule has 0 N–H and O–H groups in total. The van der Waals surface area contributed by atoms with E-state index in [1.807, 2.05) is 36.4 Å². The average molecular weight is 1210 g/mol. The average Bonchev–Trinajstić information content (AvgIpc) is 1.60. The van der Waals surface area contributed by atoms with Gasteiger partial charge in [-0.05, 0) is 165 Å². The summed E-state index contributed by atoms with van der Waals surface area (Å²) in [7, 11) is 0. The van der Waals surface area contributed by atoms with Gasteiger partial charge >= 0.3 is 0 Å². The first-order valence-corrected chi connectivity index (χ1v) is 31.8. The molecule has 0 fully saturated rings. The largest absolute Gasteiger partial charge is 0.438 e. The van der Waals surface area contributed by atoms with Crippen molar-refractivity contribution in [1.29, 1.82) is 0 Å². The number of furan rings is 2. The highest BCUT2D eigenvalue weighted by Gasteiger charge is 2.28. The van der Waals surface area contributed by atoms with Gasteiger partial charge in [-0.25, -0.2) is 9.97 Å². The van der Waals surface area contributed by atoms with Crippen LogP contribution in [-0.4, -0.2) is 24.5 Å². The van der Waals surface area contributed by atoms with Crippen LogP contribution in [0.3, 0.4) is 0 Å². The zero-order valence-electron chi connectivity index (χ0n) is 49.7. The van der Waals surface area contributed by atoms with E-state index in [1.165, 1.54) is 110 Å². The molecule has 0 spiro atoms. The van der Waals surface area contributed by atoms with Gasteiger partial charge in [-0.1, -0.05) is 242 Å².